The molecule has 2 aliphatic rings. The SMILES string of the molecule is COCCCN1C(=S)N[C@H](c2ccccn2)[C@@H]1c1cccn1C1CCCC1. The standard InChI is InChI=1S/C21H28N4OS/c1-26-15-7-14-25-20(18-11-6-13-24(18)16-8-2-3-9-16)19(23-21(25)27)17-10-4-5-12-22-17/h4-6,10-13,16,19-20H,2-3,7-9,14-15H2,1H3,(H,23,27)/t19-,20+/m1/s1. The molecule has 0 bridgehead atoms. The average Bonchev–Trinajstić information content (AvgIpc) is 3.42. The van der Waals surface area contributed by atoms with Crippen LogP contribution in [0.4, 0.5) is 0 Å². The van der Waals surface area contributed by atoms with Gasteiger partial charge in [-0.1, -0.05) is 18.9 Å². The lowest BCUT2D eigenvalue weighted by atomic mass is 10.0. The van der Waals surface area contributed by atoms with E-state index in [-0.39, 0.29) is 12.1 Å². The highest BCUT2D eigenvalue weighted by Gasteiger charge is 2.41. The van der Waals surface area contributed by atoms with Crippen molar-refractivity contribution in [1.29, 1.82) is 0 Å². The molecule has 2 atom stereocenters. The van der Waals surface area contributed by atoms with Crippen molar-refractivity contribution in [3.63, 3.8) is 0 Å². The maximum absolute atomic E-state index is 5.73. The van der Waals surface area contributed by atoms with Crippen LogP contribution in [0.5, 0.6) is 0 Å². The molecule has 0 radical (unpaired) electrons. The first-order chi connectivity index (χ1) is 13.3. The highest BCUT2D eigenvalue weighted by Crippen LogP contribution is 2.41. The van der Waals surface area contributed by atoms with Gasteiger partial charge >= 0.3 is 0 Å². The Kier molecular flexibility index (Phi) is 5.74. The average molecular weight is 385 g/mol. The fourth-order valence-corrected chi connectivity index (χ4v) is 4.85. The second-order valence-electron chi connectivity index (χ2n) is 7.44. The van der Waals surface area contributed by atoms with Gasteiger partial charge in [-0.3, -0.25) is 4.98 Å². The summed E-state index contributed by atoms with van der Waals surface area (Å²) in [6, 6.07) is 11.4. The molecule has 1 saturated carbocycles. The van der Waals surface area contributed by atoms with E-state index < -0.39 is 0 Å². The van der Waals surface area contributed by atoms with Gasteiger partial charge in [0.2, 0.25) is 0 Å². The summed E-state index contributed by atoms with van der Waals surface area (Å²) in [6.45, 7) is 1.62. The van der Waals surface area contributed by atoms with Crippen LogP contribution in [0.25, 0.3) is 0 Å². The predicted octanol–water partition coefficient (Wildman–Crippen LogP) is 4.01. The molecule has 5 nitrogen and oxygen atoms in total. The van der Waals surface area contributed by atoms with E-state index in [9.17, 15) is 0 Å². The predicted molar refractivity (Wildman–Crippen MR) is 111 cm³/mol. The minimum atomic E-state index is 0.0660. The van der Waals surface area contributed by atoms with Gasteiger partial charge in [-0.05, 0) is 55.7 Å². The van der Waals surface area contributed by atoms with Crippen molar-refractivity contribution in [2.75, 3.05) is 20.3 Å². The Morgan fingerprint density at radius 2 is 2.07 bits per heavy atom. The molecule has 1 N–H and O–H groups in total. The Hall–Kier alpha value is -1.92. The van der Waals surface area contributed by atoms with E-state index in [1.54, 1.807) is 7.11 Å². The largest absolute Gasteiger partial charge is 0.385 e. The minimum Gasteiger partial charge on any atom is -0.385 e. The molecule has 0 spiro atoms. The lowest BCUT2D eigenvalue weighted by Gasteiger charge is -2.30. The maximum atomic E-state index is 5.73. The molecule has 4 rings (SSSR count). The second-order valence-corrected chi connectivity index (χ2v) is 7.83. The third-order valence-electron chi connectivity index (χ3n) is 5.78. The third kappa shape index (κ3) is 3.73. The van der Waals surface area contributed by atoms with Crippen LogP contribution in [0.1, 0.15) is 61.6 Å². The summed E-state index contributed by atoms with van der Waals surface area (Å²) in [5, 5.41) is 4.36. The Morgan fingerprint density at radius 1 is 1.22 bits per heavy atom. The molecule has 0 amide bonds. The fraction of sp³-hybridized carbons (Fsp3) is 0.524. The molecule has 27 heavy (non-hydrogen) atoms. The number of rotatable bonds is 7. The smallest absolute Gasteiger partial charge is 0.170 e. The first-order valence-corrected chi connectivity index (χ1v) is 10.3. The lowest BCUT2D eigenvalue weighted by Crippen LogP contribution is -2.32. The minimum absolute atomic E-state index is 0.0660. The molecule has 0 aromatic carbocycles. The van der Waals surface area contributed by atoms with Gasteiger partial charge in [0.1, 0.15) is 0 Å². The Morgan fingerprint density at radius 3 is 2.81 bits per heavy atom. The van der Waals surface area contributed by atoms with Crippen LogP contribution >= 0.6 is 12.2 Å². The number of methoxy groups -OCH3 is 1. The quantitative estimate of drug-likeness (QED) is 0.577. The normalized spacial score (nSPS) is 23.1. The van der Waals surface area contributed by atoms with Gasteiger partial charge in [0.15, 0.2) is 5.11 Å². The number of pyridine rings is 1. The van der Waals surface area contributed by atoms with Crippen molar-refractivity contribution >= 4 is 17.3 Å². The molecule has 1 aliphatic heterocycles. The maximum Gasteiger partial charge on any atom is 0.170 e. The molecule has 6 heteroatoms. The van der Waals surface area contributed by atoms with Crippen molar-refractivity contribution in [2.24, 2.45) is 0 Å². The topological polar surface area (TPSA) is 42.3 Å². The number of hydrogen-bond acceptors (Lipinski definition) is 3. The Bertz CT molecular complexity index is 757. The van der Waals surface area contributed by atoms with Gasteiger partial charge in [0.05, 0.1) is 17.8 Å². The molecule has 1 saturated heterocycles. The van der Waals surface area contributed by atoms with Crippen molar-refractivity contribution in [2.45, 2.75) is 50.2 Å². The zero-order chi connectivity index (χ0) is 18.6. The third-order valence-corrected chi connectivity index (χ3v) is 6.13. The van der Waals surface area contributed by atoms with Gasteiger partial charge < -0.3 is 19.5 Å². The van der Waals surface area contributed by atoms with E-state index >= 15 is 0 Å². The Balaban J connectivity index is 1.69. The molecule has 0 unspecified atom stereocenters. The molecular formula is C21H28N4OS. The second kappa shape index (κ2) is 8.40. The first-order valence-electron chi connectivity index (χ1n) is 9.93. The van der Waals surface area contributed by atoms with E-state index in [1.165, 1.54) is 31.4 Å². The van der Waals surface area contributed by atoms with Crippen LogP contribution in [-0.2, 0) is 4.74 Å². The van der Waals surface area contributed by atoms with E-state index in [4.69, 9.17) is 17.0 Å². The first kappa shape index (κ1) is 18.4. The van der Waals surface area contributed by atoms with E-state index in [0.29, 0.717) is 6.04 Å². The van der Waals surface area contributed by atoms with Crippen LogP contribution in [0, 0.1) is 0 Å². The van der Waals surface area contributed by atoms with Gasteiger partial charge in [0.25, 0.3) is 0 Å². The van der Waals surface area contributed by atoms with Crippen LogP contribution in [0.3, 0.4) is 0 Å². The van der Waals surface area contributed by atoms with Gasteiger partial charge in [-0.15, -0.1) is 0 Å². The number of nitrogens with one attached hydrogen (secondary N) is 1. The van der Waals surface area contributed by atoms with Gasteiger partial charge in [-0.2, -0.15) is 0 Å². The highest BCUT2D eigenvalue weighted by atomic mass is 32.1. The molecule has 144 valence electrons. The van der Waals surface area contributed by atoms with Crippen molar-refractivity contribution in [1.82, 2.24) is 19.8 Å². The number of thiocarbonyl (C=S) groups is 1. The monoisotopic (exact) mass is 384 g/mol. The lowest BCUT2D eigenvalue weighted by molar-refractivity contribution is 0.179. The van der Waals surface area contributed by atoms with Crippen LogP contribution < -0.4 is 5.32 Å². The summed E-state index contributed by atoms with van der Waals surface area (Å²) in [5.41, 5.74) is 2.38. The van der Waals surface area contributed by atoms with Crippen LogP contribution in [-0.4, -0.2) is 39.8 Å². The van der Waals surface area contributed by atoms with Crippen molar-refractivity contribution in [3.05, 3.63) is 54.1 Å². The molecule has 2 aromatic heterocycles. The summed E-state index contributed by atoms with van der Waals surface area (Å²) in [7, 11) is 1.75. The Labute approximate surface area is 166 Å². The summed E-state index contributed by atoms with van der Waals surface area (Å²) in [5.74, 6) is 0. The van der Waals surface area contributed by atoms with Crippen LogP contribution in [0.15, 0.2) is 42.7 Å². The summed E-state index contributed by atoms with van der Waals surface area (Å²) in [6.07, 6.45) is 10.2. The molecule has 3 heterocycles. The summed E-state index contributed by atoms with van der Waals surface area (Å²) < 4.78 is 7.76. The number of hydrogen-bond donors (Lipinski definition) is 1. The van der Waals surface area contributed by atoms with E-state index in [2.05, 4.69) is 44.2 Å². The van der Waals surface area contributed by atoms with Gasteiger partial charge in [0, 0.05) is 44.4 Å². The van der Waals surface area contributed by atoms with E-state index in [1.807, 2.05) is 18.3 Å². The number of aromatic nitrogens is 2. The van der Waals surface area contributed by atoms with Crippen LogP contribution in [0.2, 0.25) is 0 Å². The van der Waals surface area contributed by atoms with Crippen molar-refractivity contribution < 1.29 is 4.74 Å². The van der Waals surface area contributed by atoms with Crippen molar-refractivity contribution in [3.8, 4) is 0 Å². The number of ether oxygens (including phenoxy) is 1. The summed E-state index contributed by atoms with van der Waals surface area (Å²) in [4.78, 5) is 6.96. The zero-order valence-corrected chi connectivity index (χ0v) is 16.7. The number of nitrogens with zero attached hydrogens (tertiary/aromatic N) is 3. The highest BCUT2D eigenvalue weighted by molar-refractivity contribution is 7.80. The van der Waals surface area contributed by atoms with E-state index in [0.717, 1.165) is 30.4 Å². The fourth-order valence-electron chi connectivity index (χ4n) is 4.52. The zero-order valence-electron chi connectivity index (χ0n) is 15.9. The van der Waals surface area contributed by atoms with Gasteiger partial charge in [-0.25, -0.2) is 0 Å². The summed E-state index contributed by atoms with van der Waals surface area (Å²) >= 11 is 5.73. The molecule has 1 aliphatic carbocycles. The molecular weight excluding hydrogens is 356 g/mol. The molecule has 2 aromatic rings. The molecule has 2 fully saturated rings.